The van der Waals surface area contributed by atoms with E-state index < -0.39 is 0 Å². The lowest BCUT2D eigenvalue weighted by Gasteiger charge is -2.06. The van der Waals surface area contributed by atoms with Gasteiger partial charge in [0.15, 0.2) is 0 Å². The largest absolute Gasteiger partial charge is 0.494 e. The molecule has 3 aromatic rings. The number of nitrogens with one attached hydrogen (secondary N) is 1. The zero-order chi connectivity index (χ0) is 19.8. The number of hydrogen-bond donors (Lipinski definition) is 1. The van der Waals surface area contributed by atoms with Gasteiger partial charge in [0.2, 0.25) is 5.89 Å². The average molecular weight is 398 g/mol. The molecule has 0 unspecified atom stereocenters. The molecule has 0 atom stereocenters. The molecule has 1 amide bonds. The number of aromatic nitrogens is 2. The average Bonchev–Trinajstić information content (AvgIpc) is 3.20. The van der Waals surface area contributed by atoms with Crippen molar-refractivity contribution in [2.75, 3.05) is 18.2 Å². The summed E-state index contributed by atoms with van der Waals surface area (Å²) in [5.74, 6) is 0.797. The summed E-state index contributed by atoms with van der Waals surface area (Å²) in [6.45, 7) is 2.84. The standard InChI is InChI=1S/C21H23N3O3S/c1-3-4-5-14-26-17-10-6-15(7-11-17)19(25)22-21-24-23-20(27-21)16-8-12-18(28-2)13-9-16/h6-13H,3-5,14H2,1-2H3,(H,22,24,25). The van der Waals surface area contributed by atoms with Gasteiger partial charge in [-0.15, -0.1) is 16.9 Å². The third-order valence-corrected chi connectivity index (χ3v) is 4.86. The number of carbonyl (C=O) groups is 1. The second-order valence-electron chi connectivity index (χ2n) is 6.17. The Balaban J connectivity index is 1.58. The number of unbranched alkanes of at least 4 members (excludes halogenated alkanes) is 2. The molecule has 0 saturated carbocycles. The molecule has 1 heterocycles. The predicted molar refractivity (Wildman–Crippen MR) is 111 cm³/mol. The fraction of sp³-hybridized carbons (Fsp3) is 0.286. The van der Waals surface area contributed by atoms with E-state index >= 15 is 0 Å². The minimum atomic E-state index is -0.314. The van der Waals surface area contributed by atoms with Crippen LogP contribution in [-0.2, 0) is 0 Å². The molecule has 28 heavy (non-hydrogen) atoms. The smallest absolute Gasteiger partial charge is 0.322 e. The van der Waals surface area contributed by atoms with Gasteiger partial charge >= 0.3 is 6.01 Å². The van der Waals surface area contributed by atoms with Gasteiger partial charge in [0, 0.05) is 16.0 Å². The van der Waals surface area contributed by atoms with Crippen LogP contribution in [0.2, 0.25) is 0 Å². The lowest BCUT2D eigenvalue weighted by atomic mass is 10.2. The molecule has 3 rings (SSSR count). The van der Waals surface area contributed by atoms with E-state index in [4.69, 9.17) is 9.15 Å². The van der Waals surface area contributed by atoms with E-state index in [0.717, 1.165) is 35.5 Å². The number of ether oxygens (including phenoxy) is 1. The second kappa shape index (κ2) is 9.94. The Labute approximate surface area is 168 Å². The number of amides is 1. The first kappa shape index (κ1) is 19.9. The minimum absolute atomic E-state index is 0.0637. The maximum atomic E-state index is 12.4. The summed E-state index contributed by atoms with van der Waals surface area (Å²) < 4.78 is 11.2. The van der Waals surface area contributed by atoms with Gasteiger partial charge in [-0.3, -0.25) is 10.1 Å². The Hall–Kier alpha value is -2.80. The summed E-state index contributed by atoms with van der Waals surface area (Å²) in [4.78, 5) is 13.5. The van der Waals surface area contributed by atoms with Gasteiger partial charge in [-0.25, -0.2) is 0 Å². The van der Waals surface area contributed by atoms with E-state index in [9.17, 15) is 4.79 Å². The summed E-state index contributed by atoms with van der Waals surface area (Å²) in [5, 5.41) is 10.5. The van der Waals surface area contributed by atoms with Gasteiger partial charge in [0.25, 0.3) is 5.91 Å². The molecule has 0 aliphatic rings. The van der Waals surface area contributed by atoms with Gasteiger partial charge in [-0.05, 0) is 61.2 Å². The molecule has 2 aromatic carbocycles. The summed E-state index contributed by atoms with van der Waals surface area (Å²) in [6, 6.07) is 14.8. The fourth-order valence-corrected chi connectivity index (χ4v) is 2.95. The molecule has 0 radical (unpaired) electrons. The Morgan fingerprint density at radius 3 is 2.50 bits per heavy atom. The monoisotopic (exact) mass is 397 g/mol. The van der Waals surface area contributed by atoms with Crippen LogP contribution >= 0.6 is 11.8 Å². The number of thioether (sulfide) groups is 1. The SMILES string of the molecule is CCCCCOc1ccc(C(=O)Nc2nnc(-c3ccc(SC)cc3)o2)cc1. The normalized spacial score (nSPS) is 10.6. The maximum absolute atomic E-state index is 12.4. The lowest BCUT2D eigenvalue weighted by molar-refractivity contribution is 0.102. The van der Waals surface area contributed by atoms with Gasteiger partial charge in [0.05, 0.1) is 6.61 Å². The van der Waals surface area contributed by atoms with Gasteiger partial charge in [-0.1, -0.05) is 24.9 Å². The summed E-state index contributed by atoms with van der Waals surface area (Å²) in [7, 11) is 0. The molecular formula is C21H23N3O3S. The maximum Gasteiger partial charge on any atom is 0.322 e. The van der Waals surface area contributed by atoms with Crippen molar-refractivity contribution in [3.63, 3.8) is 0 Å². The number of benzene rings is 2. The molecule has 0 spiro atoms. The van der Waals surface area contributed by atoms with Crippen molar-refractivity contribution in [2.45, 2.75) is 31.1 Å². The van der Waals surface area contributed by atoms with Crippen LogP contribution in [0.25, 0.3) is 11.5 Å². The van der Waals surface area contributed by atoms with E-state index in [0.29, 0.717) is 18.1 Å². The third kappa shape index (κ3) is 5.36. The van der Waals surface area contributed by atoms with Gasteiger partial charge in [0.1, 0.15) is 5.75 Å². The van der Waals surface area contributed by atoms with Crippen molar-refractivity contribution in [2.24, 2.45) is 0 Å². The summed E-state index contributed by atoms with van der Waals surface area (Å²) in [6.07, 6.45) is 5.34. The summed E-state index contributed by atoms with van der Waals surface area (Å²) >= 11 is 1.66. The van der Waals surface area contributed by atoms with Crippen LogP contribution in [0, 0.1) is 0 Å². The zero-order valence-electron chi connectivity index (χ0n) is 16.0. The highest BCUT2D eigenvalue weighted by molar-refractivity contribution is 7.98. The molecule has 0 fully saturated rings. The second-order valence-corrected chi connectivity index (χ2v) is 7.05. The topological polar surface area (TPSA) is 77.2 Å². The van der Waals surface area contributed by atoms with Gasteiger partial charge < -0.3 is 9.15 Å². The van der Waals surface area contributed by atoms with Crippen LogP contribution < -0.4 is 10.1 Å². The summed E-state index contributed by atoms with van der Waals surface area (Å²) in [5.41, 5.74) is 1.29. The quantitative estimate of drug-likeness (QED) is 0.391. The molecule has 0 aliphatic heterocycles. The first-order chi connectivity index (χ1) is 13.7. The molecule has 7 heteroatoms. The Morgan fingerprint density at radius 2 is 1.82 bits per heavy atom. The number of hydrogen-bond acceptors (Lipinski definition) is 6. The number of rotatable bonds is 9. The lowest BCUT2D eigenvalue weighted by Crippen LogP contribution is -2.12. The fourth-order valence-electron chi connectivity index (χ4n) is 2.54. The van der Waals surface area contributed by atoms with Crippen LogP contribution in [-0.4, -0.2) is 29.0 Å². The van der Waals surface area contributed by atoms with E-state index in [1.807, 2.05) is 30.5 Å². The molecule has 1 N–H and O–H groups in total. The highest BCUT2D eigenvalue weighted by atomic mass is 32.2. The van der Waals surface area contributed by atoms with Crippen LogP contribution in [0.5, 0.6) is 5.75 Å². The molecule has 0 saturated heterocycles. The molecule has 146 valence electrons. The molecular weight excluding hydrogens is 374 g/mol. The molecule has 0 aliphatic carbocycles. The van der Waals surface area contributed by atoms with E-state index in [1.54, 1.807) is 36.0 Å². The van der Waals surface area contributed by atoms with Crippen LogP contribution in [0.4, 0.5) is 6.01 Å². The number of anilines is 1. The van der Waals surface area contributed by atoms with Crippen molar-refractivity contribution < 1.29 is 13.9 Å². The van der Waals surface area contributed by atoms with E-state index in [2.05, 4.69) is 22.4 Å². The van der Waals surface area contributed by atoms with Crippen LogP contribution in [0.15, 0.2) is 57.8 Å². The minimum Gasteiger partial charge on any atom is -0.494 e. The molecule has 1 aromatic heterocycles. The molecule has 6 nitrogen and oxygen atoms in total. The number of carbonyl (C=O) groups excluding carboxylic acids is 1. The van der Waals surface area contributed by atoms with E-state index in [1.165, 1.54) is 0 Å². The molecule has 0 bridgehead atoms. The van der Waals surface area contributed by atoms with Crippen molar-refractivity contribution in [3.8, 4) is 17.2 Å². The van der Waals surface area contributed by atoms with E-state index in [-0.39, 0.29) is 11.9 Å². The highest BCUT2D eigenvalue weighted by Gasteiger charge is 2.13. The van der Waals surface area contributed by atoms with Crippen molar-refractivity contribution >= 4 is 23.7 Å². The van der Waals surface area contributed by atoms with Crippen molar-refractivity contribution in [1.29, 1.82) is 0 Å². The van der Waals surface area contributed by atoms with Gasteiger partial charge in [-0.2, -0.15) is 0 Å². The van der Waals surface area contributed by atoms with Crippen LogP contribution in [0.1, 0.15) is 36.5 Å². The highest BCUT2D eigenvalue weighted by Crippen LogP contribution is 2.23. The predicted octanol–water partition coefficient (Wildman–Crippen LogP) is 5.28. The zero-order valence-corrected chi connectivity index (χ0v) is 16.8. The Morgan fingerprint density at radius 1 is 1.07 bits per heavy atom. The number of nitrogens with zero attached hydrogens (tertiary/aromatic N) is 2. The Bertz CT molecular complexity index is 892. The van der Waals surface area contributed by atoms with Crippen molar-refractivity contribution in [3.05, 3.63) is 54.1 Å². The third-order valence-electron chi connectivity index (χ3n) is 4.12. The van der Waals surface area contributed by atoms with Crippen LogP contribution in [0.3, 0.4) is 0 Å². The van der Waals surface area contributed by atoms with Crippen molar-refractivity contribution in [1.82, 2.24) is 10.2 Å². The first-order valence-electron chi connectivity index (χ1n) is 9.21. The first-order valence-corrected chi connectivity index (χ1v) is 10.4. The Kier molecular flexibility index (Phi) is 7.08.